The van der Waals surface area contributed by atoms with E-state index in [-0.39, 0.29) is 5.91 Å². The summed E-state index contributed by atoms with van der Waals surface area (Å²) in [4.78, 5) is 17.4. The number of nitrogens with one attached hydrogen (secondary N) is 1. The lowest BCUT2D eigenvalue weighted by Crippen LogP contribution is -2.25. The van der Waals surface area contributed by atoms with Crippen molar-refractivity contribution in [3.63, 3.8) is 0 Å². The summed E-state index contributed by atoms with van der Waals surface area (Å²) in [7, 11) is 1.67. The quantitative estimate of drug-likeness (QED) is 0.355. The third-order valence-corrected chi connectivity index (χ3v) is 5.83. The molecule has 0 unspecified atom stereocenters. The molecular weight excluding hydrogens is 410 g/mol. The molecular formula is C28H31N3O2. The number of amides is 1. The Balaban J connectivity index is 1.68. The first-order chi connectivity index (χ1) is 16.0. The van der Waals surface area contributed by atoms with Gasteiger partial charge in [0.05, 0.1) is 11.4 Å². The van der Waals surface area contributed by atoms with E-state index >= 15 is 0 Å². The fourth-order valence-corrected chi connectivity index (χ4v) is 4.03. The van der Waals surface area contributed by atoms with Crippen molar-refractivity contribution in [1.29, 1.82) is 0 Å². The standard InChI is InChI=1S/C28H31N3O2/c1-20-8-10-22(11-9-20)28-25(13-15-27(32)29-16-5-17-33-3)31-19-24(12-14-26(31)30-28)23-7-4-6-21(2)18-23/h4,6-12,14,18-19H,5,13,15-17H2,1-3H3,(H,29,32). The zero-order chi connectivity index (χ0) is 23.2. The highest BCUT2D eigenvalue weighted by atomic mass is 16.5. The summed E-state index contributed by atoms with van der Waals surface area (Å²) in [6, 6.07) is 21.1. The molecule has 0 aliphatic carbocycles. The fraction of sp³-hybridized carbons (Fsp3) is 0.286. The van der Waals surface area contributed by atoms with E-state index < -0.39 is 0 Å². The van der Waals surface area contributed by atoms with Crippen LogP contribution in [0.5, 0.6) is 0 Å². The van der Waals surface area contributed by atoms with Crippen LogP contribution in [0.2, 0.25) is 0 Å². The monoisotopic (exact) mass is 441 g/mol. The number of methoxy groups -OCH3 is 1. The Morgan fingerprint density at radius 2 is 1.76 bits per heavy atom. The number of pyridine rings is 1. The van der Waals surface area contributed by atoms with Gasteiger partial charge >= 0.3 is 0 Å². The maximum atomic E-state index is 12.5. The predicted molar refractivity (Wildman–Crippen MR) is 133 cm³/mol. The van der Waals surface area contributed by atoms with Crippen molar-refractivity contribution in [2.75, 3.05) is 20.3 Å². The normalized spacial score (nSPS) is 11.1. The van der Waals surface area contributed by atoms with E-state index in [2.05, 4.69) is 90.4 Å². The maximum Gasteiger partial charge on any atom is 0.220 e. The number of aromatic nitrogens is 2. The van der Waals surface area contributed by atoms with Gasteiger partial charge in [0, 0.05) is 38.4 Å². The van der Waals surface area contributed by atoms with Gasteiger partial charge in [0.2, 0.25) is 5.91 Å². The first-order valence-corrected chi connectivity index (χ1v) is 11.5. The number of imidazole rings is 1. The van der Waals surface area contributed by atoms with Crippen molar-refractivity contribution in [3.8, 4) is 22.4 Å². The van der Waals surface area contributed by atoms with E-state index in [1.54, 1.807) is 7.11 Å². The summed E-state index contributed by atoms with van der Waals surface area (Å²) in [6.45, 7) is 5.46. The molecule has 0 aliphatic rings. The van der Waals surface area contributed by atoms with Crippen LogP contribution in [0.15, 0.2) is 66.9 Å². The third kappa shape index (κ3) is 5.49. The van der Waals surface area contributed by atoms with Crippen LogP contribution in [0.4, 0.5) is 0 Å². The van der Waals surface area contributed by atoms with Crippen LogP contribution < -0.4 is 5.32 Å². The number of hydrogen-bond acceptors (Lipinski definition) is 3. The molecule has 2 aromatic heterocycles. The number of carbonyl (C=O) groups is 1. The number of nitrogens with zero attached hydrogens (tertiary/aromatic N) is 2. The first kappa shape index (κ1) is 22.7. The molecule has 2 heterocycles. The van der Waals surface area contributed by atoms with Gasteiger partial charge in [0.15, 0.2) is 0 Å². The molecule has 0 saturated heterocycles. The topological polar surface area (TPSA) is 55.6 Å². The summed E-state index contributed by atoms with van der Waals surface area (Å²) >= 11 is 0. The van der Waals surface area contributed by atoms with E-state index in [4.69, 9.17) is 9.72 Å². The molecule has 0 fully saturated rings. The Labute approximate surface area is 195 Å². The van der Waals surface area contributed by atoms with E-state index in [0.29, 0.717) is 26.0 Å². The molecule has 1 N–H and O–H groups in total. The van der Waals surface area contributed by atoms with Crippen LogP contribution in [-0.2, 0) is 16.0 Å². The molecule has 4 aromatic rings. The highest BCUT2D eigenvalue weighted by molar-refractivity contribution is 5.77. The van der Waals surface area contributed by atoms with Gasteiger partial charge in [-0.2, -0.15) is 0 Å². The largest absolute Gasteiger partial charge is 0.385 e. The summed E-state index contributed by atoms with van der Waals surface area (Å²) in [5.74, 6) is 0.0470. The van der Waals surface area contributed by atoms with E-state index in [0.717, 1.165) is 34.6 Å². The van der Waals surface area contributed by atoms with E-state index in [1.165, 1.54) is 16.7 Å². The summed E-state index contributed by atoms with van der Waals surface area (Å²) in [5, 5.41) is 2.99. The zero-order valence-corrected chi connectivity index (χ0v) is 19.6. The molecule has 0 aliphatic heterocycles. The van der Waals surface area contributed by atoms with Gasteiger partial charge in [-0.3, -0.25) is 4.79 Å². The van der Waals surface area contributed by atoms with Gasteiger partial charge < -0.3 is 14.5 Å². The van der Waals surface area contributed by atoms with Crippen molar-refractivity contribution < 1.29 is 9.53 Å². The van der Waals surface area contributed by atoms with Crippen LogP contribution in [0.1, 0.15) is 29.7 Å². The molecule has 170 valence electrons. The number of carbonyl (C=O) groups excluding carboxylic acids is 1. The molecule has 5 heteroatoms. The van der Waals surface area contributed by atoms with Gasteiger partial charge in [-0.15, -0.1) is 0 Å². The predicted octanol–water partition coefficient (Wildman–Crippen LogP) is 5.37. The van der Waals surface area contributed by atoms with E-state index in [1.807, 2.05) is 0 Å². The lowest BCUT2D eigenvalue weighted by Gasteiger charge is -2.09. The number of fused-ring (bicyclic) bond motifs is 1. The molecule has 0 saturated carbocycles. The van der Waals surface area contributed by atoms with Crippen molar-refractivity contribution in [2.24, 2.45) is 0 Å². The van der Waals surface area contributed by atoms with Gasteiger partial charge in [-0.1, -0.05) is 59.7 Å². The minimum atomic E-state index is 0.0470. The third-order valence-electron chi connectivity index (χ3n) is 5.83. The molecule has 33 heavy (non-hydrogen) atoms. The van der Waals surface area contributed by atoms with E-state index in [9.17, 15) is 4.79 Å². The first-order valence-electron chi connectivity index (χ1n) is 11.5. The van der Waals surface area contributed by atoms with Crippen LogP contribution in [0, 0.1) is 13.8 Å². The molecule has 2 aromatic carbocycles. The number of hydrogen-bond donors (Lipinski definition) is 1. The molecule has 1 amide bonds. The van der Waals surface area contributed by atoms with Gasteiger partial charge in [-0.25, -0.2) is 4.98 Å². The second kappa shape index (κ2) is 10.5. The lowest BCUT2D eigenvalue weighted by molar-refractivity contribution is -0.121. The molecule has 4 rings (SSSR count). The van der Waals surface area contributed by atoms with Gasteiger partial charge in [0.1, 0.15) is 5.65 Å². The summed E-state index contributed by atoms with van der Waals surface area (Å²) in [6.07, 6.45) is 3.97. The lowest BCUT2D eigenvalue weighted by atomic mass is 10.0. The second-order valence-electron chi connectivity index (χ2n) is 8.48. The molecule has 0 bridgehead atoms. The molecule has 5 nitrogen and oxygen atoms in total. The average Bonchev–Trinajstić information content (AvgIpc) is 3.18. The minimum Gasteiger partial charge on any atom is -0.385 e. The minimum absolute atomic E-state index is 0.0470. The van der Waals surface area contributed by atoms with Gasteiger partial charge in [0.25, 0.3) is 0 Å². The van der Waals surface area contributed by atoms with Crippen LogP contribution >= 0.6 is 0 Å². The highest BCUT2D eigenvalue weighted by Crippen LogP contribution is 2.28. The van der Waals surface area contributed by atoms with Crippen molar-refractivity contribution >= 4 is 11.6 Å². The Bertz CT molecular complexity index is 1240. The maximum absolute atomic E-state index is 12.5. The Hall–Kier alpha value is -3.44. The number of ether oxygens (including phenoxy) is 1. The summed E-state index contributed by atoms with van der Waals surface area (Å²) in [5.41, 5.74) is 8.67. The second-order valence-corrected chi connectivity index (χ2v) is 8.48. The number of aryl methyl sites for hydroxylation is 3. The average molecular weight is 442 g/mol. The number of benzene rings is 2. The SMILES string of the molecule is COCCCNC(=O)CCc1c(-c2ccc(C)cc2)nc2ccc(-c3cccc(C)c3)cn12. The van der Waals surface area contributed by atoms with Crippen molar-refractivity contribution in [3.05, 3.63) is 83.7 Å². The summed E-state index contributed by atoms with van der Waals surface area (Å²) < 4.78 is 7.20. The number of rotatable bonds is 9. The van der Waals surface area contributed by atoms with Crippen LogP contribution in [0.25, 0.3) is 28.0 Å². The Morgan fingerprint density at radius 1 is 0.970 bits per heavy atom. The molecule has 0 atom stereocenters. The molecule has 0 spiro atoms. The Kier molecular flexibility index (Phi) is 7.20. The smallest absolute Gasteiger partial charge is 0.220 e. The van der Waals surface area contributed by atoms with Crippen molar-refractivity contribution in [1.82, 2.24) is 14.7 Å². The zero-order valence-electron chi connectivity index (χ0n) is 19.6. The fourth-order valence-electron chi connectivity index (χ4n) is 4.03. The van der Waals surface area contributed by atoms with Crippen LogP contribution in [0.3, 0.4) is 0 Å². The highest BCUT2D eigenvalue weighted by Gasteiger charge is 2.16. The van der Waals surface area contributed by atoms with Crippen LogP contribution in [-0.4, -0.2) is 35.6 Å². The molecule has 0 radical (unpaired) electrons. The van der Waals surface area contributed by atoms with Crippen molar-refractivity contribution in [2.45, 2.75) is 33.1 Å². The van der Waals surface area contributed by atoms with Gasteiger partial charge in [-0.05, 0) is 49.9 Å². The Morgan fingerprint density at radius 3 is 2.52 bits per heavy atom.